The maximum absolute atomic E-state index is 13.9. The number of nitro benzene ring substituents is 1. The number of carbonyl (C=O) groups is 2. The summed E-state index contributed by atoms with van der Waals surface area (Å²) in [6, 6.07) is 3.70. The van der Waals surface area contributed by atoms with Crippen LogP contribution in [0.15, 0.2) is 18.2 Å². The monoisotopic (exact) mass is 330 g/mol. The van der Waals surface area contributed by atoms with Crippen LogP contribution in [0.4, 0.5) is 10.1 Å². The van der Waals surface area contributed by atoms with Gasteiger partial charge >= 0.3 is 5.97 Å². The predicted octanol–water partition coefficient (Wildman–Crippen LogP) is 1.82. The molecule has 1 amide bonds. The van der Waals surface area contributed by atoms with Gasteiger partial charge in [0.05, 0.1) is 22.9 Å². The number of hydrogen-bond donors (Lipinski definition) is 1. The second kappa shape index (κ2) is 5.88. The quantitative estimate of drug-likeness (QED) is 0.670. The molecule has 1 fully saturated rings. The highest BCUT2D eigenvalue weighted by Gasteiger charge is 2.46. The lowest BCUT2D eigenvalue weighted by atomic mass is 10.1. The maximum atomic E-state index is 13.9. The van der Waals surface area contributed by atoms with E-state index in [1.807, 2.05) is 0 Å². The van der Waals surface area contributed by atoms with E-state index in [-0.39, 0.29) is 30.1 Å². The average Bonchev–Trinajstić information content (AvgIpc) is 2.85. The van der Waals surface area contributed by atoms with Gasteiger partial charge in [0, 0.05) is 25.1 Å². The number of carbonyl (C=O) groups excluding carboxylic acids is 1. The van der Waals surface area contributed by atoms with E-state index in [1.165, 1.54) is 12.1 Å². The zero-order chi connectivity index (χ0) is 16.5. The molecule has 118 valence electrons. The van der Waals surface area contributed by atoms with E-state index in [2.05, 4.69) is 0 Å². The molecule has 1 aromatic carbocycles. The molecule has 1 aliphatic heterocycles. The molecule has 1 atom stereocenters. The zero-order valence-electron chi connectivity index (χ0n) is 11.3. The standard InChI is InChI=1S/C13H12ClFN2O5/c14-10-6-9(17(21)22)2-1-8(10)5-11(18)16-4-3-13(15,7-16)12(19)20/h1-2,6H,3-5,7H2,(H,19,20). The minimum absolute atomic E-state index is 0.00618. The van der Waals surface area contributed by atoms with Crippen molar-refractivity contribution in [2.24, 2.45) is 0 Å². The molecule has 0 radical (unpaired) electrons. The van der Waals surface area contributed by atoms with E-state index < -0.39 is 29.0 Å². The summed E-state index contributed by atoms with van der Waals surface area (Å²) < 4.78 is 13.9. The van der Waals surface area contributed by atoms with Crippen LogP contribution in [0.5, 0.6) is 0 Å². The number of carboxylic acid groups (broad SMARTS) is 1. The van der Waals surface area contributed by atoms with Gasteiger partial charge in [0.2, 0.25) is 11.6 Å². The first-order valence-electron chi connectivity index (χ1n) is 6.36. The molecule has 7 nitrogen and oxygen atoms in total. The second-order valence-corrected chi connectivity index (χ2v) is 5.45. The highest BCUT2D eigenvalue weighted by atomic mass is 35.5. The summed E-state index contributed by atoms with van der Waals surface area (Å²) in [6.07, 6.45) is -0.436. The lowest BCUT2D eigenvalue weighted by Crippen LogP contribution is -2.39. The number of rotatable bonds is 4. The third-order valence-corrected chi connectivity index (χ3v) is 3.90. The summed E-state index contributed by atoms with van der Waals surface area (Å²) in [4.78, 5) is 34.0. The van der Waals surface area contributed by atoms with Crippen molar-refractivity contribution >= 4 is 29.2 Å². The van der Waals surface area contributed by atoms with Crippen LogP contribution in [0.1, 0.15) is 12.0 Å². The normalized spacial score (nSPS) is 20.9. The van der Waals surface area contributed by atoms with Gasteiger partial charge in [0.15, 0.2) is 0 Å². The Morgan fingerprint density at radius 1 is 1.50 bits per heavy atom. The fourth-order valence-electron chi connectivity index (χ4n) is 2.23. The van der Waals surface area contributed by atoms with Crippen LogP contribution in [0, 0.1) is 10.1 Å². The Kier molecular flexibility index (Phi) is 4.32. The topological polar surface area (TPSA) is 101 Å². The number of benzene rings is 1. The van der Waals surface area contributed by atoms with Crippen molar-refractivity contribution in [2.75, 3.05) is 13.1 Å². The summed E-state index contributed by atoms with van der Waals surface area (Å²) in [7, 11) is 0. The predicted molar refractivity (Wildman–Crippen MR) is 74.5 cm³/mol. The second-order valence-electron chi connectivity index (χ2n) is 5.05. The van der Waals surface area contributed by atoms with Crippen molar-refractivity contribution in [3.05, 3.63) is 38.9 Å². The molecule has 9 heteroatoms. The molecule has 0 saturated carbocycles. The van der Waals surface area contributed by atoms with Crippen LogP contribution >= 0.6 is 11.6 Å². The molecule has 0 aromatic heterocycles. The lowest BCUT2D eigenvalue weighted by molar-refractivity contribution is -0.384. The molecule has 1 saturated heterocycles. The number of amides is 1. The van der Waals surface area contributed by atoms with Crippen molar-refractivity contribution in [2.45, 2.75) is 18.5 Å². The van der Waals surface area contributed by atoms with Crippen LogP contribution < -0.4 is 0 Å². The molecule has 0 spiro atoms. The summed E-state index contributed by atoms with van der Waals surface area (Å²) >= 11 is 5.89. The van der Waals surface area contributed by atoms with Crippen molar-refractivity contribution in [1.29, 1.82) is 0 Å². The number of hydrogen-bond acceptors (Lipinski definition) is 4. The Balaban J connectivity index is 2.07. The summed E-state index contributed by atoms with van der Waals surface area (Å²) in [6.45, 7) is -0.502. The van der Waals surface area contributed by atoms with E-state index in [0.717, 1.165) is 11.0 Å². The van der Waals surface area contributed by atoms with Gasteiger partial charge in [-0.15, -0.1) is 0 Å². The van der Waals surface area contributed by atoms with E-state index in [4.69, 9.17) is 16.7 Å². The minimum atomic E-state index is -2.42. The van der Waals surface area contributed by atoms with E-state index >= 15 is 0 Å². The van der Waals surface area contributed by atoms with Gasteiger partial charge in [-0.2, -0.15) is 0 Å². The molecular weight excluding hydrogens is 319 g/mol. The Morgan fingerprint density at radius 3 is 2.68 bits per heavy atom. The summed E-state index contributed by atoms with van der Waals surface area (Å²) in [5.74, 6) is -2.06. The minimum Gasteiger partial charge on any atom is -0.479 e. The first-order valence-corrected chi connectivity index (χ1v) is 6.73. The number of likely N-dealkylation sites (tertiary alicyclic amines) is 1. The molecule has 1 aromatic rings. The fraction of sp³-hybridized carbons (Fsp3) is 0.385. The molecule has 0 aliphatic carbocycles. The van der Waals surface area contributed by atoms with Gasteiger partial charge in [0.25, 0.3) is 5.69 Å². The van der Waals surface area contributed by atoms with Gasteiger partial charge in [-0.1, -0.05) is 17.7 Å². The number of carboxylic acids is 1. The number of halogens is 2. The van der Waals surface area contributed by atoms with Gasteiger partial charge in [-0.25, -0.2) is 9.18 Å². The number of aliphatic carboxylic acids is 1. The van der Waals surface area contributed by atoms with E-state index in [0.29, 0.717) is 5.56 Å². The molecule has 1 N–H and O–H groups in total. The van der Waals surface area contributed by atoms with Gasteiger partial charge < -0.3 is 10.0 Å². The summed E-state index contributed by atoms with van der Waals surface area (Å²) in [5, 5.41) is 19.5. The van der Waals surface area contributed by atoms with Gasteiger partial charge in [0.1, 0.15) is 0 Å². The highest BCUT2D eigenvalue weighted by molar-refractivity contribution is 6.31. The molecule has 1 heterocycles. The third kappa shape index (κ3) is 3.16. The van der Waals surface area contributed by atoms with E-state index in [1.54, 1.807) is 0 Å². The SMILES string of the molecule is O=C(Cc1ccc([N+](=O)[O-])cc1Cl)N1CCC(F)(C(=O)O)C1. The average molecular weight is 331 g/mol. The summed E-state index contributed by atoms with van der Waals surface area (Å²) in [5.41, 5.74) is -2.26. The molecule has 22 heavy (non-hydrogen) atoms. The Bertz CT molecular complexity index is 653. The number of nitrogens with zero attached hydrogens (tertiary/aromatic N) is 2. The Labute approximate surface area is 129 Å². The number of non-ortho nitro benzene ring substituents is 1. The smallest absolute Gasteiger partial charge is 0.343 e. The molecular formula is C13H12ClFN2O5. The number of alkyl halides is 1. The zero-order valence-corrected chi connectivity index (χ0v) is 12.0. The van der Waals surface area contributed by atoms with Crippen LogP contribution in [-0.2, 0) is 16.0 Å². The van der Waals surface area contributed by atoms with Crippen molar-refractivity contribution in [1.82, 2.24) is 4.90 Å². The third-order valence-electron chi connectivity index (χ3n) is 3.54. The van der Waals surface area contributed by atoms with Crippen molar-refractivity contribution in [3.63, 3.8) is 0 Å². The number of nitro groups is 1. The lowest BCUT2D eigenvalue weighted by Gasteiger charge is -2.18. The first-order chi connectivity index (χ1) is 10.2. The molecule has 1 aliphatic rings. The van der Waals surface area contributed by atoms with Crippen molar-refractivity contribution < 1.29 is 24.0 Å². The van der Waals surface area contributed by atoms with Crippen molar-refractivity contribution in [3.8, 4) is 0 Å². The first kappa shape index (κ1) is 16.2. The van der Waals surface area contributed by atoms with Gasteiger partial charge in [-0.05, 0) is 5.56 Å². The molecule has 2 rings (SSSR count). The van der Waals surface area contributed by atoms with Crippen LogP contribution in [0.2, 0.25) is 5.02 Å². The van der Waals surface area contributed by atoms with Crippen LogP contribution in [0.3, 0.4) is 0 Å². The van der Waals surface area contributed by atoms with Crippen LogP contribution in [-0.4, -0.2) is 45.6 Å². The molecule has 1 unspecified atom stereocenters. The van der Waals surface area contributed by atoms with Gasteiger partial charge in [-0.3, -0.25) is 14.9 Å². The fourth-order valence-corrected chi connectivity index (χ4v) is 2.47. The van der Waals surface area contributed by atoms with Crippen LogP contribution in [0.25, 0.3) is 0 Å². The Morgan fingerprint density at radius 2 is 2.18 bits per heavy atom. The Hall–Kier alpha value is -2.22. The highest BCUT2D eigenvalue weighted by Crippen LogP contribution is 2.28. The molecule has 0 bridgehead atoms. The van der Waals surface area contributed by atoms with E-state index in [9.17, 15) is 24.1 Å². The largest absolute Gasteiger partial charge is 0.479 e. The maximum Gasteiger partial charge on any atom is 0.343 e.